The molecule has 0 saturated carbocycles. The Morgan fingerprint density at radius 2 is 2.08 bits per heavy atom. The summed E-state index contributed by atoms with van der Waals surface area (Å²) in [6.45, 7) is 7.86. The largest absolute Gasteiger partial charge is 0.302 e. The summed E-state index contributed by atoms with van der Waals surface area (Å²) in [6, 6.07) is 3.52. The maximum Gasteiger partial charge on any atom is 0.186 e. The minimum absolute atomic E-state index is 0.0673. The Kier molecular flexibility index (Phi) is 6.00. The summed E-state index contributed by atoms with van der Waals surface area (Å²) in [5.41, 5.74) is 0.656. The van der Waals surface area contributed by atoms with Crippen molar-refractivity contribution in [1.29, 1.82) is 0 Å². The Hall–Kier alpha value is -1.73. The van der Waals surface area contributed by atoms with E-state index in [1.807, 2.05) is 27.7 Å². The molecule has 1 N–H and O–H groups in total. The lowest BCUT2D eigenvalue weighted by atomic mass is 9.84. The molecule has 0 bridgehead atoms. The van der Waals surface area contributed by atoms with E-state index in [1.165, 1.54) is 12.1 Å². The zero-order valence-electron chi connectivity index (χ0n) is 14.7. The van der Waals surface area contributed by atoms with Gasteiger partial charge >= 0.3 is 0 Å². The Morgan fingerprint density at radius 3 is 2.60 bits per heavy atom. The van der Waals surface area contributed by atoms with Crippen molar-refractivity contribution in [3.05, 3.63) is 35.7 Å². The molecule has 0 radical (unpaired) electrons. The van der Waals surface area contributed by atoms with Gasteiger partial charge in [0.25, 0.3) is 0 Å². The van der Waals surface area contributed by atoms with Crippen molar-refractivity contribution in [2.45, 2.75) is 45.2 Å². The molecule has 0 spiro atoms. The van der Waals surface area contributed by atoms with Crippen LogP contribution in [0.5, 0.6) is 0 Å². The molecular weight excluding hydrogens is 346 g/mol. The van der Waals surface area contributed by atoms with Gasteiger partial charge in [0, 0.05) is 5.41 Å². The highest BCUT2D eigenvalue weighted by molar-refractivity contribution is 7.79. The molecule has 0 amide bonds. The van der Waals surface area contributed by atoms with E-state index in [0.717, 1.165) is 6.07 Å². The lowest BCUT2D eigenvalue weighted by molar-refractivity contribution is 0.465. The molecule has 0 aromatic heterocycles. The number of alkyl halides is 1. The molecule has 0 fully saturated rings. The van der Waals surface area contributed by atoms with Crippen LogP contribution in [-0.4, -0.2) is 32.9 Å². The molecule has 136 valence electrons. The van der Waals surface area contributed by atoms with Crippen molar-refractivity contribution in [3.8, 4) is 0 Å². The lowest BCUT2D eigenvalue weighted by Crippen LogP contribution is -2.35. The second-order valence-corrected chi connectivity index (χ2v) is 7.75. The molecule has 7 heteroatoms. The molecule has 1 aliphatic heterocycles. The van der Waals surface area contributed by atoms with E-state index in [1.54, 1.807) is 6.08 Å². The van der Waals surface area contributed by atoms with Crippen LogP contribution in [0, 0.1) is 11.2 Å². The summed E-state index contributed by atoms with van der Waals surface area (Å²) in [6.07, 6.45) is 0.825. The monoisotopic (exact) mass is 368 g/mol. The van der Waals surface area contributed by atoms with E-state index < -0.39 is 28.5 Å². The highest BCUT2D eigenvalue weighted by Gasteiger charge is 2.33. The van der Waals surface area contributed by atoms with Crippen LogP contribution >= 0.6 is 0 Å². The van der Waals surface area contributed by atoms with Crippen LogP contribution < -0.4 is 0 Å². The first-order chi connectivity index (χ1) is 11.6. The Labute approximate surface area is 149 Å². The highest BCUT2D eigenvalue weighted by atomic mass is 32.2. The van der Waals surface area contributed by atoms with Crippen molar-refractivity contribution >= 4 is 28.2 Å². The van der Waals surface area contributed by atoms with Gasteiger partial charge in [-0.25, -0.2) is 18.0 Å². The van der Waals surface area contributed by atoms with Crippen molar-refractivity contribution < 1.29 is 17.5 Å². The first kappa shape index (κ1) is 19.6. The van der Waals surface area contributed by atoms with Crippen molar-refractivity contribution in [2.24, 2.45) is 15.4 Å². The quantitative estimate of drug-likeness (QED) is 0.789. The first-order valence-corrected chi connectivity index (χ1v) is 9.13. The molecule has 25 heavy (non-hydrogen) atoms. The first-order valence-electron chi connectivity index (χ1n) is 8.02. The Morgan fingerprint density at radius 1 is 1.40 bits per heavy atom. The topological polar surface area (TPSA) is 62.0 Å². The molecule has 1 aromatic rings. The smallest absolute Gasteiger partial charge is 0.186 e. The van der Waals surface area contributed by atoms with Gasteiger partial charge in [0.2, 0.25) is 0 Å². The zero-order chi connectivity index (χ0) is 18.8. The predicted octanol–water partition coefficient (Wildman–Crippen LogP) is 4.65. The van der Waals surface area contributed by atoms with Crippen LogP contribution in [-0.2, 0) is 11.1 Å². The SMILES string of the molecule is CCC1=CCN=C(C(C)(C)C)C(F)C1=Nc1ccc(S(=O)O)cc1F. The number of aliphatic imine (C=N–C) groups is 2. The second kappa shape index (κ2) is 7.66. The van der Waals surface area contributed by atoms with Gasteiger partial charge in [-0.2, -0.15) is 0 Å². The summed E-state index contributed by atoms with van der Waals surface area (Å²) < 4.78 is 49.5. The van der Waals surface area contributed by atoms with Crippen molar-refractivity contribution in [3.63, 3.8) is 0 Å². The molecule has 2 atom stereocenters. The fourth-order valence-electron chi connectivity index (χ4n) is 2.62. The average Bonchev–Trinajstić information content (AvgIpc) is 2.68. The molecule has 4 nitrogen and oxygen atoms in total. The van der Waals surface area contributed by atoms with Crippen LogP contribution in [0.1, 0.15) is 34.1 Å². The number of hydrogen-bond acceptors (Lipinski definition) is 3. The molecular formula is C18H22F2N2O2S. The fraction of sp³-hybridized carbons (Fsp3) is 0.444. The summed E-state index contributed by atoms with van der Waals surface area (Å²) in [5, 5.41) is 0. The maximum absolute atomic E-state index is 15.2. The summed E-state index contributed by atoms with van der Waals surface area (Å²) in [4.78, 5) is 8.49. The van der Waals surface area contributed by atoms with Gasteiger partial charge in [0.1, 0.15) is 5.82 Å². The third-order valence-corrected chi connectivity index (χ3v) is 4.58. The average molecular weight is 368 g/mol. The standard InChI is InChI=1S/C18H22F2N2O2S/c1-5-11-8-9-21-17(18(2,3)4)15(20)16(11)22-14-7-6-12(25(23)24)10-13(14)19/h6-8,10,15H,5,9H2,1-4H3,(H,23,24). The van der Waals surface area contributed by atoms with Crippen LogP contribution in [0.25, 0.3) is 0 Å². The van der Waals surface area contributed by atoms with E-state index in [0.29, 0.717) is 24.3 Å². The second-order valence-electron chi connectivity index (χ2n) is 6.78. The van der Waals surface area contributed by atoms with Crippen LogP contribution in [0.3, 0.4) is 0 Å². The highest BCUT2D eigenvalue weighted by Crippen LogP contribution is 2.29. The van der Waals surface area contributed by atoms with Gasteiger partial charge in [0.15, 0.2) is 17.3 Å². The minimum Gasteiger partial charge on any atom is -0.302 e. The normalized spacial score (nSPS) is 21.6. The summed E-state index contributed by atoms with van der Waals surface area (Å²) >= 11 is -2.28. The molecule has 2 unspecified atom stereocenters. The molecule has 1 aliphatic rings. The fourth-order valence-corrected chi connectivity index (χ4v) is 3.01. The molecule has 1 heterocycles. The van der Waals surface area contributed by atoms with Crippen molar-refractivity contribution in [1.82, 2.24) is 0 Å². The van der Waals surface area contributed by atoms with E-state index in [-0.39, 0.29) is 16.3 Å². The van der Waals surface area contributed by atoms with Gasteiger partial charge in [-0.15, -0.1) is 0 Å². The third-order valence-electron chi connectivity index (χ3n) is 3.92. The van der Waals surface area contributed by atoms with Gasteiger partial charge in [-0.1, -0.05) is 33.8 Å². The summed E-state index contributed by atoms with van der Waals surface area (Å²) in [7, 11) is 0. The Bertz CT molecular complexity index is 780. The van der Waals surface area contributed by atoms with Crippen LogP contribution in [0.2, 0.25) is 0 Å². The number of hydrogen-bond donors (Lipinski definition) is 1. The van der Waals surface area contributed by atoms with Gasteiger partial charge in [0.05, 0.1) is 28.6 Å². The minimum atomic E-state index is -2.28. The number of nitrogens with zero attached hydrogens (tertiary/aromatic N) is 2. The van der Waals surface area contributed by atoms with Crippen molar-refractivity contribution in [2.75, 3.05) is 6.54 Å². The predicted molar refractivity (Wildman–Crippen MR) is 97.6 cm³/mol. The third kappa shape index (κ3) is 4.46. The van der Waals surface area contributed by atoms with Crippen LogP contribution in [0.15, 0.2) is 44.7 Å². The van der Waals surface area contributed by atoms with Gasteiger partial charge < -0.3 is 4.55 Å². The number of benzene rings is 1. The number of halogens is 2. The molecule has 1 aromatic carbocycles. The van der Waals surface area contributed by atoms with E-state index in [2.05, 4.69) is 9.98 Å². The van der Waals surface area contributed by atoms with Crippen LogP contribution in [0.4, 0.5) is 14.5 Å². The van der Waals surface area contributed by atoms with E-state index >= 15 is 4.39 Å². The maximum atomic E-state index is 15.2. The van der Waals surface area contributed by atoms with Gasteiger partial charge in [-0.3, -0.25) is 4.99 Å². The van der Waals surface area contributed by atoms with E-state index in [9.17, 15) is 8.60 Å². The molecule has 2 rings (SSSR count). The summed E-state index contributed by atoms with van der Waals surface area (Å²) in [5.74, 6) is -0.770. The Balaban J connectivity index is 2.54. The number of allylic oxidation sites excluding steroid dienone is 1. The zero-order valence-corrected chi connectivity index (χ0v) is 15.5. The van der Waals surface area contributed by atoms with Gasteiger partial charge in [-0.05, 0) is 30.2 Å². The molecule has 0 saturated heterocycles. The van der Waals surface area contributed by atoms with E-state index in [4.69, 9.17) is 4.55 Å². The molecule has 0 aliphatic carbocycles. The number of rotatable bonds is 3. The lowest BCUT2D eigenvalue weighted by Gasteiger charge is -2.25.